The molecule has 1 aliphatic rings. The number of aliphatic hydroxyl groups is 1. The average molecular weight is 226 g/mol. The third-order valence-electron chi connectivity index (χ3n) is 2.85. The second-order valence-electron chi connectivity index (χ2n) is 4.28. The summed E-state index contributed by atoms with van der Waals surface area (Å²) in [5.41, 5.74) is 1.01. The monoisotopic (exact) mass is 226 g/mol. The van der Waals surface area contributed by atoms with Gasteiger partial charge in [-0.3, -0.25) is 0 Å². The SMILES string of the molecule is Cc1cc(S(C)(=O)=O)ccc1C1(O)CC1. The number of hydrogen-bond donors (Lipinski definition) is 1. The Hall–Kier alpha value is -0.870. The number of benzene rings is 1. The maximum absolute atomic E-state index is 11.3. The molecule has 0 saturated heterocycles. The van der Waals surface area contributed by atoms with Gasteiger partial charge in [0.15, 0.2) is 9.84 Å². The van der Waals surface area contributed by atoms with Crippen LogP contribution in [-0.2, 0) is 15.4 Å². The molecular weight excluding hydrogens is 212 g/mol. The zero-order chi connectivity index (χ0) is 11.3. The number of hydrogen-bond acceptors (Lipinski definition) is 3. The topological polar surface area (TPSA) is 54.4 Å². The highest BCUT2D eigenvalue weighted by atomic mass is 32.2. The average Bonchev–Trinajstić information content (AvgIpc) is 2.82. The maximum atomic E-state index is 11.3. The summed E-state index contributed by atoms with van der Waals surface area (Å²) in [7, 11) is -3.15. The first-order valence-corrected chi connectivity index (χ1v) is 6.76. The second kappa shape index (κ2) is 3.06. The molecule has 1 aromatic carbocycles. The molecule has 1 aromatic rings. The summed E-state index contributed by atoms with van der Waals surface area (Å²) in [6, 6.07) is 4.91. The molecule has 82 valence electrons. The summed E-state index contributed by atoms with van der Waals surface area (Å²) in [6.45, 7) is 1.83. The molecule has 1 aliphatic carbocycles. The van der Waals surface area contributed by atoms with E-state index in [1.54, 1.807) is 18.2 Å². The number of rotatable bonds is 2. The molecule has 0 aliphatic heterocycles. The third-order valence-corrected chi connectivity index (χ3v) is 3.96. The van der Waals surface area contributed by atoms with Crippen molar-refractivity contribution in [2.24, 2.45) is 0 Å². The van der Waals surface area contributed by atoms with Gasteiger partial charge in [0.05, 0.1) is 10.5 Å². The van der Waals surface area contributed by atoms with Crippen molar-refractivity contribution in [3.63, 3.8) is 0 Å². The first-order valence-electron chi connectivity index (χ1n) is 4.86. The summed E-state index contributed by atoms with van der Waals surface area (Å²) in [6.07, 6.45) is 2.73. The highest BCUT2D eigenvalue weighted by molar-refractivity contribution is 7.90. The largest absolute Gasteiger partial charge is 0.385 e. The lowest BCUT2D eigenvalue weighted by Gasteiger charge is -2.12. The molecule has 1 N–H and O–H groups in total. The summed E-state index contributed by atoms with van der Waals surface area (Å²) >= 11 is 0. The van der Waals surface area contributed by atoms with E-state index >= 15 is 0 Å². The lowest BCUT2D eigenvalue weighted by atomic mass is 10.0. The molecule has 0 bridgehead atoms. The summed E-state index contributed by atoms with van der Waals surface area (Å²) in [5, 5.41) is 9.93. The van der Waals surface area contributed by atoms with E-state index < -0.39 is 15.4 Å². The molecular formula is C11H14O3S. The van der Waals surface area contributed by atoms with E-state index in [4.69, 9.17) is 0 Å². The molecule has 0 heterocycles. The van der Waals surface area contributed by atoms with Crippen molar-refractivity contribution < 1.29 is 13.5 Å². The van der Waals surface area contributed by atoms with Gasteiger partial charge in [0.2, 0.25) is 0 Å². The number of sulfone groups is 1. The van der Waals surface area contributed by atoms with Crippen molar-refractivity contribution in [1.29, 1.82) is 0 Å². The Morgan fingerprint density at radius 3 is 2.33 bits per heavy atom. The Morgan fingerprint density at radius 1 is 1.33 bits per heavy atom. The molecule has 0 aromatic heterocycles. The Morgan fingerprint density at radius 2 is 1.93 bits per heavy atom. The fourth-order valence-corrected chi connectivity index (χ4v) is 2.48. The van der Waals surface area contributed by atoms with Gasteiger partial charge < -0.3 is 5.11 Å². The van der Waals surface area contributed by atoms with Gasteiger partial charge in [-0.25, -0.2) is 8.42 Å². The Labute approximate surface area is 89.7 Å². The van der Waals surface area contributed by atoms with E-state index in [0.29, 0.717) is 4.90 Å². The summed E-state index contributed by atoms with van der Waals surface area (Å²) in [4.78, 5) is 0.313. The maximum Gasteiger partial charge on any atom is 0.175 e. The van der Waals surface area contributed by atoms with E-state index in [0.717, 1.165) is 24.0 Å². The van der Waals surface area contributed by atoms with E-state index in [2.05, 4.69) is 0 Å². The fraction of sp³-hybridized carbons (Fsp3) is 0.455. The highest BCUT2D eigenvalue weighted by Crippen LogP contribution is 2.46. The smallest absolute Gasteiger partial charge is 0.175 e. The van der Waals surface area contributed by atoms with Crippen LogP contribution in [0.4, 0.5) is 0 Å². The van der Waals surface area contributed by atoms with Crippen molar-refractivity contribution >= 4 is 9.84 Å². The van der Waals surface area contributed by atoms with E-state index in [9.17, 15) is 13.5 Å². The van der Waals surface area contributed by atoms with Crippen molar-refractivity contribution in [3.05, 3.63) is 29.3 Å². The van der Waals surface area contributed by atoms with Crippen LogP contribution in [0.1, 0.15) is 24.0 Å². The van der Waals surface area contributed by atoms with Crippen LogP contribution in [0.3, 0.4) is 0 Å². The van der Waals surface area contributed by atoms with E-state index in [-0.39, 0.29) is 0 Å². The Kier molecular flexibility index (Phi) is 2.17. The minimum absolute atomic E-state index is 0.313. The van der Waals surface area contributed by atoms with Crippen molar-refractivity contribution in [3.8, 4) is 0 Å². The molecule has 2 rings (SSSR count). The summed E-state index contributed by atoms with van der Waals surface area (Å²) < 4.78 is 22.6. The lowest BCUT2D eigenvalue weighted by Crippen LogP contribution is -2.08. The first kappa shape index (κ1) is 10.6. The van der Waals surface area contributed by atoms with Crippen LogP contribution in [0, 0.1) is 6.92 Å². The van der Waals surface area contributed by atoms with Crippen LogP contribution >= 0.6 is 0 Å². The van der Waals surface area contributed by atoms with E-state index in [1.165, 1.54) is 6.26 Å². The van der Waals surface area contributed by atoms with Gasteiger partial charge >= 0.3 is 0 Å². The van der Waals surface area contributed by atoms with Crippen LogP contribution in [0.5, 0.6) is 0 Å². The van der Waals surface area contributed by atoms with E-state index in [1.807, 2.05) is 6.92 Å². The molecule has 1 fully saturated rings. The minimum atomic E-state index is -3.15. The van der Waals surface area contributed by atoms with Gasteiger partial charge in [-0.15, -0.1) is 0 Å². The fourth-order valence-electron chi connectivity index (χ4n) is 1.78. The zero-order valence-electron chi connectivity index (χ0n) is 8.82. The van der Waals surface area contributed by atoms with Gasteiger partial charge in [-0.05, 0) is 43.0 Å². The molecule has 0 spiro atoms. The van der Waals surface area contributed by atoms with Crippen LogP contribution < -0.4 is 0 Å². The van der Waals surface area contributed by atoms with Crippen LogP contribution in [0.2, 0.25) is 0 Å². The Bertz CT molecular complexity index is 499. The molecule has 0 amide bonds. The van der Waals surface area contributed by atoms with Crippen LogP contribution in [-0.4, -0.2) is 19.8 Å². The number of aryl methyl sites for hydroxylation is 1. The standard InChI is InChI=1S/C11H14O3S/c1-8-7-9(15(2,13)14)3-4-10(8)11(12)5-6-11/h3-4,7,12H,5-6H2,1-2H3. The zero-order valence-corrected chi connectivity index (χ0v) is 9.63. The quantitative estimate of drug-likeness (QED) is 0.829. The lowest BCUT2D eigenvalue weighted by molar-refractivity contribution is 0.150. The predicted octanol–water partition coefficient (Wildman–Crippen LogP) is 1.38. The first-order chi connectivity index (χ1) is 6.83. The summed E-state index contributed by atoms with van der Waals surface area (Å²) in [5.74, 6) is 0. The van der Waals surface area contributed by atoms with Gasteiger partial charge in [-0.1, -0.05) is 6.07 Å². The molecule has 0 atom stereocenters. The molecule has 0 unspecified atom stereocenters. The van der Waals surface area contributed by atoms with Gasteiger partial charge in [-0.2, -0.15) is 0 Å². The minimum Gasteiger partial charge on any atom is -0.385 e. The molecule has 3 nitrogen and oxygen atoms in total. The molecule has 1 saturated carbocycles. The van der Waals surface area contributed by atoms with Gasteiger partial charge in [0.25, 0.3) is 0 Å². The van der Waals surface area contributed by atoms with Gasteiger partial charge in [0, 0.05) is 6.26 Å². The van der Waals surface area contributed by atoms with Crippen molar-refractivity contribution in [2.75, 3.05) is 6.26 Å². The predicted molar refractivity (Wildman–Crippen MR) is 57.4 cm³/mol. The molecule has 15 heavy (non-hydrogen) atoms. The Balaban J connectivity index is 2.49. The van der Waals surface area contributed by atoms with Crippen molar-refractivity contribution in [2.45, 2.75) is 30.3 Å². The molecule has 0 radical (unpaired) electrons. The van der Waals surface area contributed by atoms with Gasteiger partial charge in [0.1, 0.15) is 0 Å². The third kappa shape index (κ3) is 1.92. The van der Waals surface area contributed by atoms with Crippen LogP contribution in [0.25, 0.3) is 0 Å². The second-order valence-corrected chi connectivity index (χ2v) is 6.30. The molecule has 4 heteroatoms. The van der Waals surface area contributed by atoms with Crippen molar-refractivity contribution in [1.82, 2.24) is 0 Å². The highest BCUT2D eigenvalue weighted by Gasteiger charge is 2.43. The van der Waals surface area contributed by atoms with Crippen LogP contribution in [0.15, 0.2) is 23.1 Å². The normalized spacial score (nSPS) is 18.9.